The van der Waals surface area contributed by atoms with Crippen LogP contribution in [0.5, 0.6) is 0 Å². The number of ether oxygens (including phenoxy) is 3. The summed E-state index contributed by atoms with van der Waals surface area (Å²) in [6, 6.07) is 0. The maximum absolute atomic E-state index is 12.8. The smallest absolute Gasteiger partial charge is 0.306 e. The molecule has 0 radical (unpaired) electrons. The SMILES string of the molecule is CC/C=C\C/C=C\CCCCCCCC(=O)OCC(COC(=O)CCCCCCC/C=C\C=C/CCCCCCCCC)OC(=O)CCCCCCCCCCCCCCCCCCC. The molecular weight excluding hydrogens is 805 g/mol. The normalized spacial score (nSPS) is 12.4. The fourth-order valence-corrected chi connectivity index (χ4v) is 8.12. The summed E-state index contributed by atoms with van der Waals surface area (Å²) in [4.78, 5) is 38.1. The minimum absolute atomic E-state index is 0.0832. The van der Waals surface area contributed by atoms with Gasteiger partial charge in [0.15, 0.2) is 6.10 Å². The maximum Gasteiger partial charge on any atom is 0.306 e. The van der Waals surface area contributed by atoms with Crippen LogP contribution in [0.3, 0.4) is 0 Å². The number of carbonyl (C=O) groups is 3. The Morgan fingerprint density at radius 3 is 1.02 bits per heavy atom. The highest BCUT2D eigenvalue weighted by Gasteiger charge is 2.19. The van der Waals surface area contributed by atoms with Gasteiger partial charge in [-0.3, -0.25) is 14.4 Å². The number of hydrogen-bond donors (Lipinski definition) is 0. The first-order chi connectivity index (χ1) is 32.0. The van der Waals surface area contributed by atoms with Crippen molar-refractivity contribution >= 4 is 17.9 Å². The molecule has 0 aliphatic heterocycles. The minimum atomic E-state index is -0.782. The number of carbonyl (C=O) groups excluding carboxylic acids is 3. The Balaban J connectivity index is 4.36. The second kappa shape index (κ2) is 54.0. The first kappa shape index (κ1) is 62.4. The van der Waals surface area contributed by atoms with E-state index in [2.05, 4.69) is 69.4 Å². The van der Waals surface area contributed by atoms with Crippen LogP contribution in [-0.4, -0.2) is 37.2 Å². The van der Waals surface area contributed by atoms with Gasteiger partial charge >= 0.3 is 17.9 Å². The molecule has 0 amide bonds. The Morgan fingerprint density at radius 1 is 0.338 bits per heavy atom. The van der Waals surface area contributed by atoms with Crippen molar-refractivity contribution in [3.8, 4) is 0 Å². The van der Waals surface area contributed by atoms with Crippen molar-refractivity contribution in [2.24, 2.45) is 0 Å². The summed E-state index contributed by atoms with van der Waals surface area (Å²) in [5.74, 6) is -0.898. The van der Waals surface area contributed by atoms with E-state index >= 15 is 0 Å². The molecule has 1 unspecified atom stereocenters. The Labute approximate surface area is 403 Å². The van der Waals surface area contributed by atoms with E-state index in [9.17, 15) is 14.4 Å². The molecule has 0 aliphatic rings. The lowest BCUT2D eigenvalue weighted by molar-refractivity contribution is -0.167. The Bertz CT molecular complexity index is 1140. The highest BCUT2D eigenvalue weighted by Crippen LogP contribution is 2.16. The van der Waals surface area contributed by atoms with Gasteiger partial charge in [-0.1, -0.05) is 249 Å². The van der Waals surface area contributed by atoms with Crippen molar-refractivity contribution in [1.29, 1.82) is 0 Å². The van der Waals surface area contributed by atoms with E-state index in [4.69, 9.17) is 14.2 Å². The molecule has 6 nitrogen and oxygen atoms in total. The van der Waals surface area contributed by atoms with Crippen molar-refractivity contribution in [3.05, 3.63) is 48.6 Å². The van der Waals surface area contributed by atoms with Gasteiger partial charge in [0.05, 0.1) is 0 Å². The van der Waals surface area contributed by atoms with Crippen LogP contribution in [0, 0.1) is 0 Å². The molecule has 0 aromatic rings. The van der Waals surface area contributed by atoms with Crippen molar-refractivity contribution < 1.29 is 28.6 Å². The molecule has 0 aromatic carbocycles. The average molecular weight is 911 g/mol. The van der Waals surface area contributed by atoms with Crippen molar-refractivity contribution in [1.82, 2.24) is 0 Å². The second-order valence-corrected chi connectivity index (χ2v) is 18.9. The highest BCUT2D eigenvalue weighted by atomic mass is 16.6. The van der Waals surface area contributed by atoms with Crippen molar-refractivity contribution in [2.75, 3.05) is 13.2 Å². The zero-order chi connectivity index (χ0) is 47.2. The standard InChI is InChI=1S/C59H106O6/c1-4-7-10-13-16-19-22-25-27-29-31-32-34-37-40-43-46-49-52-58(61)64-55-56(54-63-57(60)51-48-45-42-39-36-24-21-18-15-12-9-6-3)65-59(62)53-50-47-44-41-38-35-33-30-28-26-23-20-17-14-11-8-5-2/h9,12,18,21,27,29,31-32,56H,4-8,10-11,13-17,19-20,22-26,28,30,33-55H2,1-3H3/b12-9-,21-18-,29-27-,32-31-. The summed E-state index contributed by atoms with van der Waals surface area (Å²) in [7, 11) is 0. The van der Waals surface area contributed by atoms with Crippen LogP contribution in [0.25, 0.3) is 0 Å². The van der Waals surface area contributed by atoms with E-state index in [1.165, 1.54) is 148 Å². The number of allylic oxidation sites excluding steroid dienone is 8. The quantitative estimate of drug-likeness (QED) is 0.0199. The molecule has 0 saturated heterocycles. The van der Waals surface area contributed by atoms with E-state index < -0.39 is 6.10 Å². The fourth-order valence-electron chi connectivity index (χ4n) is 8.12. The van der Waals surface area contributed by atoms with Crippen LogP contribution in [-0.2, 0) is 28.6 Å². The maximum atomic E-state index is 12.8. The van der Waals surface area contributed by atoms with E-state index in [0.29, 0.717) is 19.3 Å². The average Bonchev–Trinajstić information content (AvgIpc) is 3.30. The first-order valence-corrected chi connectivity index (χ1v) is 28.2. The molecule has 65 heavy (non-hydrogen) atoms. The summed E-state index contributed by atoms with van der Waals surface area (Å²) < 4.78 is 16.8. The van der Waals surface area contributed by atoms with Gasteiger partial charge in [0.2, 0.25) is 0 Å². The zero-order valence-electron chi connectivity index (χ0n) is 43.3. The molecule has 1 atom stereocenters. The van der Waals surface area contributed by atoms with Gasteiger partial charge in [-0.05, 0) is 70.6 Å². The zero-order valence-corrected chi connectivity index (χ0v) is 43.3. The van der Waals surface area contributed by atoms with Gasteiger partial charge < -0.3 is 14.2 Å². The van der Waals surface area contributed by atoms with Crippen molar-refractivity contribution in [3.63, 3.8) is 0 Å². The highest BCUT2D eigenvalue weighted by molar-refractivity contribution is 5.71. The molecular formula is C59H106O6. The molecule has 0 fully saturated rings. The summed E-state index contributed by atoms with van der Waals surface area (Å²) >= 11 is 0. The summed E-state index contributed by atoms with van der Waals surface area (Å²) in [6.07, 6.45) is 65.3. The summed E-state index contributed by atoms with van der Waals surface area (Å²) in [5, 5.41) is 0. The van der Waals surface area contributed by atoms with E-state index in [1.807, 2.05) is 0 Å². The van der Waals surface area contributed by atoms with E-state index in [1.54, 1.807) is 0 Å². The third-order valence-corrected chi connectivity index (χ3v) is 12.3. The molecule has 0 spiro atoms. The van der Waals surface area contributed by atoms with E-state index in [-0.39, 0.29) is 31.1 Å². The molecule has 0 bridgehead atoms. The van der Waals surface area contributed by atoms with Gasteiger partial charge in [-0.15, -0.1) is 0 Å². The number of unbranched alkanes of at least 4 members (excludes halogenated alkanes) is 33. The van der Waals surface area contributed by atoms with Crippen LogP contribution in [0.15, 0.2) is 48.6 Å². The molecule has 0 N–H and O–H groups in total. The van der Waals surface area contributed by atoms with Gasteiger partial charge in [0, 0.05) is 19.3 Å². The van der Waals surface area contributed by atoms with Crippen LogP contribution < -0.4 is 0 Å². The fraction of sp³-hybridized carbons (Fsp3) is 0.814. The predicted octanol–water partition coefficient (Wildman–Crippen LogP) is 18.7. The molecule has 0 aromatic heterocycles. The molecule has 378 valence electrons. The van der Waals surface area contributed by atoms with Gasteiger partial charge in [-0.2, -0.15) is 0 Å². The predicted molar refractivity (Wildman–Crippen MR) is 279 cm³/mol. The largest absolute Gasteiger partial charge is 0.462 e. The summed E-state index contributed by atoms with van der Waals surface area (Å²) in [6.45, 7) is 6.53. The van der Waals surface area contributed by atoms with Gasteiger partial charge in [0.25, 0.3) is 0 Å². The van der Waals surface area contributed by atoms with Crippen LogP contribution in [0.4, 0.5) is 0 Å². The van der Waals surface area contributed by atoms with Crippen LogP contribution >= 0.6 is 0 Å². The second-order valence-electron chi connectivity index (χ2n) is 18.9. The lowest BCUT2D eigenvalue weighted by Gasteiger charge is -2.18. The molecule has 0 rings (SSSR count). The topological polar surface area (TPSA) is 78.9 Å². The third-order valence-electron chi connectivity index (χ3n) is 12.3. The monoisotopic (exact) mass is 911 g/mol. The Kier molecular flexibility index (Phi) is 51.8. The molecule has 0 heterocycles. The Hall–Kier alpha value is -2.63. The van der Waals surface area contributed by atoms with E-state index in [0.717, 1.165) is 103 Å². The van der Waals surface area contributed by atoms with Crippen LogP contribution in [0.1, 0.15) is 290 Å². The van der Waals surface area contributed by atoms with Crippen molar-refractivity contribution in [2.45, 2.75) is 297 Å². The summed E-state index contributed by atoms with van der Waals surface area (Å²) in [5.41, 5.74) is 0. The Morgan fingerprint density at radius 2 is 0.646 bits per heavy atom. The lowest BCUT2D eigenvalue weighted by atomic mass is 10.0. The first-order valence-electron chi connectivity index (χ1n) is 28.2. The lowest BCUT2D eigenvalue weighted by Crippen LogP contribution is -2.30. The van der Waals surface area contributed by atoms with Gasteiger partial charge in [0.1, 0.15) is 13.2 Å². The number of hydrogen-bond acceptors (Lipinski definition) is 6. The number of esters is 3. The van der Waals surface area contributed by atoms with Crippen LogP contribution in [0.2, 0.25) is 0 Å². The molecule has 0 saturated carbocycles. The number of rotatable bonds is 51. The molecule has 0 aliphatic carbocycles. The minimum Gasteiger partial charge on any atom is -0.462 e. The third kappa shape index (κ3) is 52.2. The molecule has 6 heteroatoms. The van der Waals surface area contributed by atoms with Gasteiger partial charge in [-0.25, -0.2) is 0 Å².